The molecule has 1 heterocycles. The molecule has 1 aromatic carbocycles. The van der Waals surface area contributed by atoms with Crippen molar-refractivity contribution in [2.45, 2.75) is 26.7 Å². The Morgan fingerprint density at radius 1 is 1.40 bits per heavy atom. The molecule has 0 spiro atoms. The maximum absolute atomic E-state index is 12.0. The van der Waals surface area contributed by atoms with Crippen LogP contribution in [0.2, 0.25) is 0 Å². The van der Waals surface area contributed by atoms with Crippen LogP contribution in [0.15, 0.2) is 28.8 Å². The van der Waals surface area contributed by atoms with Crippen LogP contribution >= 0.6 is 11.6 Å². The lowest BCUT2D eigenvalue weighted by atomic mass is 9.90. The first-order valence-corrected chi connectivity index (χ1v) is 7.21. The van der Waals surface area contributed by atoms with Gasteiger partial charge in [0.2, 0.25) is 5.91 Å². The number of aromatic nitrogens is 1. The summed E-state index contributed by atoms with van der Waals surface area (Å²) in [7, 11) is 0. The fraction of sp³-hybridized carbons (Fsp3) is 0.467. The standard InChI is InChI=1S/C15H19ClN2O2/c1-15(2,7-8-16)10-17-14(19)9-12-11-5-3-4-6-13(11)20-18-12/h3-6H,7-10H2,1-2H3,(H,17,19). The van der Waals surface area contributed by atoms with Gasteiger partial charge in [0.25, 0.3) is 0 Å². The van der Waals surface area contributed by atoms with E-state index in [2.05, 4.69) is 24.3 Å². The minimum Gasteiger partial charge on any atom is -0.356 e. The lowest BCUT2D eigenvalue weighted by molar-refractivity contribution is -0.120. The van der Waals surface area contributed by atoms with Crippen molar-refractivity contribution in [3.05, 3.63) is 30.0 Å². The predicted molar refractivity (Wildman–Crippen MR) is 79.8 cm³/mol. The van der Waals surface area contributed by atoms with Crippen molar-refractivity contribution in [2.75, 3.05) is 12.4 Å². The number of rotatable bonds is 6. The van der Waals surface area contributed by atoms with Gasteiger partial charge in [-0.3, -0.25) is 4.79 Å². The van der Waals surface area contributed by atoms with Crippen LogP contribution in [0.25, 0.3) is 11.0 Å². The Hall–Kier alpha value is -1.55. The number of amides is 1. The molecule has 0 radical (unpaired) electrons. The van der Waals surface area contributed by atoms with Gasteiger partial charge in [0.15, 0.2) is 5.58 Å². The fourth-order valence-electron chi connectivity index (χ4n) is 1.96. The number of halogens is 1. The van der Waals surface area contributed by atoms with E-state index < -0.39 is 0 Å². The number of carbonyl (C=O) groups excluding carboxylic acids is 1. The zero-order chi connectivity index (χ0) is 14.6. The third kappa shape index (κ3) is 3.73. The number of alkyl halides is 1. The molecule has 0 atom stereocenters. The first-order chi connectivity index (χ1) is 9.52. The van der Waals surface area contributed by atoms with Crippen molar-refractivity contribution in [1.82, 2.24) is 10.5 Å². The van der Waals surface area contributed by atoms with E-state index in [0.29, 0.717) is 23.7 Å². The molecule has 2 aromatic rings. The van der Waals surface area contributed by atoms with E-state index in [1.807, 2.05) is 24.3 Å². The molecule has 2 rings (SSSR count). The molecule has 5 heteroatoms. The number of benzene rings is 1. The zero-order valence-corrected chi connectivity index (χ0v) is 12.5. The minimum atomic E-state index is -0.0494. The van der Waals surface area contributed by atoms with E-state index in [1.54, 1.807) is 0 Å². The summed E-state index contributed by atoms with van der Waals surface area (Å²) in [5.41, 5.74) is 1.38. The molecule has 108 valence electrons. The largest absolute Gasteiger partial charge is 0.356 e. The number of para-hydroxylation sites is 1. The highest BCUT2D eigenvalue weighted by Gasteiger charge is 2.19. The maximum atomic E-state index is 12.0. The number of carbonyl (C=O) groups is 1. The maximum Gasteiger partial charge on any atom is 0.226 e. The van der Waals surface area contributed by atoms with E-state index in [4.69, 9.17) is 16.1 Å². The topological polar surface area (TPSA) is 55.1 Å². The molecule has 0 bridgehead atoms. The van der Waals surface area contributed by atoms with Crippen molar-refractivity contribution in [2.24, 2.45) is 5.41 Å². The molecule has 1 aromatic heterocycles. The molecule has 0 saturated heterocycles. The van der Waals surface area contributed by atoms with Crippen LogP contribution in [-0.4, -0.2) is 23.5 Å². The van der Waals surface area contributed by atoms with E-state index >= 15 is 0 Å². The highest BCUT2D eigenvalue weighted by Crippen LogP contribution is 2.20. The van der Waals surface area contributed by atoms with Gasteiger partial charge in [-0.2, -0.15) is 0 Å². The molecule has 0 aliphatic carbocycles. The summed E-state index contributed by atoms with van der Waals surface area (Å²) in [4.78, 5) is 12.0. The summed E-state index contributed by atoms with van der Waals surface area (Å²) < 4.78 is 5.19. The third-order valence-corrected chi connectivity index (χ3v) is 3.50. The smallest absolute Gasteiger partial charge is 0.226 e. The molecule has 20 heavy (non-hydrogen) atoms. The Morgan fingerprint density at radius 3 is 2.90 bits per heavy atom. The van der Waals surface area contributed by atoms with Crippen LogP contribution in [0.3, 0.4) is 0 Å². The molecule has 1 N–H and O–H groups in total. The molecule has 1 amide bonds. The van der Waals surface area contributed by atoms with Gasteiger partial charge in [-0.15, -0.1) is 11.6 Å². The number of hydrogen-bond donors (Lipinski definition) is 1. The third-order valence-electron chi connectivity index (χ3n) is 3.32. The van der Waals surface area contributed by atoms with Crippen molar-refractivity contribution < 1.29 is 9.32 Å². The van der Waals surface area contributed by atoms with E-state index in [0.717, 1.165) is 11.8 Å². The quantitative estimate of drug-likeness (QED) is 0.833. The van der Waals surface area contributed by atoms with Gasteiger partial charge in [0, 0.05) is 17.8 Å². The summed E-state index contributed by atoms with van der Waals surface area (Å²) in [6.45, 7) is 4.77. The summed E-state index contributed by atoms with van der Waals surface area (Å²) in [6, 6.07) is 7.54. The van der Waals surface area contributed by atoms with Crippen molar-refractivity contribution in [1.29, 1.82) is 0 Å². The zero-order valence-electron chi connectivity index (χ0n) is 11.8. The molecule has 4 nitrogen and oxygen atoms in total. The number of nitrogens with zero attached hydrogens (tertiary/aromatic N) is 1. The van der Waals surface area contributed by atoms with Crippen LogP contribution in [0.5, 0.6) is 0 Å². The molecular formula is C15H19ClN2O2. The van der Waals surface area contributed by atoms with E-state index in [-0.39, 0.29) is 17.7 Å². The van der Waals surface area contributed by atoms with Gasteiger partial charge in [-0.1, -0.05) is 31.1 Å². The average molecular weight is 295 g/mol. The number of fused-ring (bicyclic) bond motifs is 1. The van der Waals surface area contributed by atoms with Gasteiger partial charge in [0.1, 0.15) is 5.69 Å². The molecular weight excluding hydrogens is 276 g/mol. The number of hydrogen-bond acceptors (Lipinski definition) is 3. The Bertz CT molecular complexity index is 592. The van der Waals surface area contributed by atoms with Crippen LogP contribution in [0.1, 0.15) is 26.0 Å². The van der Waals surface area contributed by atoms with Gasteiger partial charge in [-0.05, 0) is 24.0 Å². The predicted octanol–water partition coefficient (Wildman–Crippen LogP) is 3.14. The monoisotopic (exact) mass is 294 g/mol. The number of nitrogens with one attached hydrogen (secondary N) is 1. The fourth-order valence-corrected chi connectivity index (χ4v) is 2.47. The van der Waals surface area contributed by atoms with Crippen molar-refractivity contribution in [3.8, 4) is 0 Å². The highest BCUT2D eigenvalue weighted by molar-refractivity contribution is 6.17. The SMILES string of the molecule is CC(C)(CCCl)CNC(=O)Cc1noc2ccccc12. The molecule has 0 aliphatic heterocycles. The lowest BCUT2D eigenvalue weighted by Gasteiger charge is -2.23. The molecule has 0 fully saturated rings. The lowest BCUT2D eigenvalue weighted by Crippen LogP contribution is -2.35. The summed E-state index contributed by atoms with van der Waals surface area (Å²) in [5.74, 6) is 0.545. The summed E-state index contributed by atoms with van der Waals surface area (Å²) in [5, 5.41) is 7.78. The second-order valence-corrected chi connectivity index (χ2v) is 6.06. The normalized spacial score (nSPS) is 11.8. The van der Waals surface area contributed by atoms with Gasteiger partial charge >= 0.3 is 0 Å². The van der Waals surface area contributed by atoms with E-state index in [9.17, 15) is 4.79 Å². The minimum absolute atomic E-state index is 0.00328. The van der Waals surface area contributed by atoms with Gasteiger partial charge in [0.05, 0.1) is 6.42 Å². The first kappa shape index (κ1) is 14.9. The van der Waals surface area contributed by atoms with Crippen molar-refractivity contribution in [3.63, 3.8) is 0 Å². The van der Waals surface area contributed by atoms with Crippen LogP contribution in [0, 0.1) is 5.41 Å². The summed E-state index contributed by atoms with van der Waals surface area (Å²) >= 11 is 5.75. The van der Waals surface area contributed by atoms with E-state index in [1.165, 1.54) is 0 Å². The molecule has 0 unspecified atom stereocenters. The van der Waals surface area contributed by atoms with Crippen LogP contribution in [-0.2, 0) is 11.2 Å². The Labute approximate surface area is 123 Å². The summed E-state index contributed by atoms with van der Waals surface area (Å²) in [6.07, 6.45) is 1.09. The average Bonchev–Trinajstić information content (AvgIpc) is 2.80. The Kier molecular flexibility index (Phi) is 4.65. The van der Waals surface area contributed by atoms with Crippen molar-refractivity contribution >= 4 is 28.5 Å². The van der Waals surface area contributed by atoms with Crippen LogP contribution in [0.4, 0.5) is 0 Å². The Balaban J connectivity index is 1.95. The van der Waals surface area contributed by atoms with Gasteiger partial charge in [-0.25, -0.2) is 0 Å². The Morgan fingerprint density at radius 2 is 2.15 bits per heavy atom. The van der Waals surface area contributed by atoms with Crippen LogP contribution < -0.4 is 5.32 Å². The highest BCUT2D eigenvalue weighted by atomic mass is 35.5. The second-order valence-electron chi connectivity index (χ2n) is 5.68. The molecule has 0 aliphatic rings. The molecule has 0 saturated carbocycles. The van der Waals surface area contributed by atoms with Gasteiger partial charge < -0.3 is 9.84 Å². The second kappa shape index (κ2) is 6.27. The first-order valence-electron chi connectivity index (χ1n) is 6.68.